The number of carbonyl (C=O) groups excluding carboxylic acids is 1. The summed E-state index contributed by atoms with van der Waals surface area (Å²) < 4.78 is 2.72. The van der Waals surface area contributed by atoms with Crippen LogP contribution in [0, 0.1) is 0 Å². The maximum atomic E-state index is 12.3. The Labute approximate surface area is 143 Å². The summed E-state index contributed by atoms with van der Waals surface area (Å²) in [5.74, 6) is -0.102. The average molecular weight is 462 g/mol. The molecule has 2 nitrogen and oxygen atoms in total. The lowest BCUT2D eigenvalue weighted by molar-refractivity contribution is 0.0939. The third-order valence-corrected chi connectivity index (χ3v) is 4.48. The molecule has 0 heterocycles. The van der Waals surface area contributed by atoms with E-state index in [2.05, 4.69) is 53.1 Å². The molecule has 0 spiro atoms. The van der Waals surface area contributed by atoms with Gasteiger partial charge < -0.3 is 5.32 Å². The topological polar surface area (TPSA) is 29.1 Å². The molecule has 1 N–H and O–H groups in total. The van der Waals surface area contributed by atoms with Crippen LogP contribution in [0.15, 0.2) is 55.9 Å². The zero-order chi connectivity index (χ0) is 14.7. The van der Waals surface area contributed by atoms with Gasteiger partial charge in [0.05, 0.1) is 6.04 Å². The predicted octanol–water partition coefficient (Wildman–Crippen LogP) is 5.47. The summed E-state index contributed by atoms with van der Waals surface area (Å²) >= 11 is 10.3. The second kappa shape index (κ2) is 6.87. The van der Waals surface area contributed by atoms with E-state index in [0.717, 1.165) is 19.0 Å². The van der Waals surface area contributed by atoms with Gasteiger partial charge in [-0.3, -0.25) is 4.79 Å². The first-order valence-corrected chi connectivity index (χ1v) is 8.36. The highest BCUT2D eigenvalue weighted by Crippen LogP contribution is 2.24. The van der Waals surface area contributed by atoms with Crippen LogP contribution >= 0.6 is 47.8 Å². The fourth-order valence-corrected chi connectivity index (χ4v) is 3.79. The SMILES string of the molecule is CC(NC(=O)c1cc(Br)cc(Br)c1)c1ccccc1Br. The lowest BCUT2D eigenvalue weighted by atomic mass is 10.1. The number of nitrogens with one attached hydrogen (secondary N) is 1. The van der Waals surface area contributed by atoms with Crippen LogP contribution in [0.4, 0.5) is 0 Å². The quantitative estimate of drug-likeness (QED) is 0.645. The van der Waals surface area contributed by atoms with Crippen molar-refractivity contribution in [1.82, 2.24) is 5.32 Å². The summed E-state index contributed by atoms with van der Waals surface area (Å²) in [7, 11) is 0. The molecule has 2 aromatic rings. The van der Waals surface area contributed by atoms with E-state index in [1.165, 1.54) is 0 Å². The molecule has 1 amide bonds. The lowest BCUT2D eigenvalue weighted by Crippen LogP contribution is -2.26. The van der Waals surface area contributed by atoms with Gasteiger partial charge in [0.15, 0.2) is 0 Å². The van der Waals surface area contributed by atoms with Gasteiger partial charge in [-0.2, -0.15) is 0 Å². The Balaban J connectivity index is 2.17. The van der Waals surface area contributed by atoms with E-state index in [1.807, 2.05) is 37.3 Å². The first-order valence-electron chi connectivity index (χ1n) is 5.99. The van der Waals surface area contributed by atoms with E-state index < -0.39 is 0 Å². The summed E-state index contributed by atoms with van der Waals surface area (Å²) in [5.41, 5.74) is 1.67. The van der Waals surface area contributed by atoms with Crippen molar-refractivity contribution in [1.29, 1.82) is 0 Å². The van der Waals surface area contributed by atoms with Crippen molar-refractivity contribution >= 4 is 53.7 Å². The van der Waals surface area contributed by atoms with Gasteiger partial charge in [0.25, 0.3) is 5.91 Å². The number of benzene rings is 2. The standard InChI is InChI=1S/C15H12Br3NO/c1-9(13-4-2-3-5-14(13)18)19-15(20)10-6-11(16)8-12(17)7-10/h2-9H,1H3,(H,19,20). The number of hydrogen-bond donors (Lipinski definition) is 1. The zero-order valence-electron chi connectivity index (χ0n) is 10.7. The molecule has 0 radical (unpaired) electrons. The van der Waals surface area contributed by atoms with E-state index in [9.17, 15) is 4.79 Å². The number of hydrogen-bond acceptors (Lipinski definition) is 1. The summed E-state index contributed by atoms with van der Waals surface area (Å²) in [4.78, 5) is 12.3. The molecule has 1 atom stereocenters. The fraction of sp³-hybridized carbons (Fsp3) is 0.133. The van der Waals surface area contributed by atoms with Crippen LogP contribution in [-0.4, -0.2) is 5.91 Å². The number of halogens is 3. The molecular formula is C15H12Br3NO. The molecule has 20 heavy (non-hydrogen) atoms. The van der Waals surface area contributed by atoms with Gasteiger partial charge in [0, 0.05) is 19.0 Å². The van der Waals surface area contributed by atoms with Crippen molar-refractivity contribution in [2.75, 3.05) is 0 Å². The first-order chi connectivity index (χ1) is 9.47. The smallest absolute Gasteiger partial charge is 0.251 e. The Hall–Kier alpha value is -0.650. The largest absolute Gasteiger partial charge is 0.345 e. The molecule has 2 aromatic carbocycles. The Morgan fingerprint density at radius 2 is 1.65 bits per heavy atom. The monoisotopic (exact) mass is 459 g/mol. The highest BCUT2D eigenvalue weighted by atomic mass is 79.9. The van der Waals surface area contributed by atoms with Crippen molar-refractivity contribution < 1.29 is 4.79 Å². The molecule has 2 rings (SSSR count). The minimum atomic E-state index is -0.102. The van der Waals surface area contributed by atoms with Crippen LogP contribution in [0.3, 0.4) is 0 Å². The van der Waals surface area contributed by atoms with E-state index in [0.29, 0.717) is 5.56 Å². The van der Waals surface area contributed by atoms with Crippen molar-refractivity contribution in [2.24, 2.45) is 0 Å². The van der Waals surface area contributed by atoms with Crippen molar-refractivity contribution in [2.45, 2.75) is 13.0 Å². The normalized spacial score (nSPS) is 12.0. The van der Waals surface area contributed by atoms with Gasteiger partial charge in [0.2, 0.25) is 0 Å². The van der Waals surface area contributed by atoms with Crippen LogP contribution in [-0.2, 0) is 0 Å². The van der Waals surface area contributed by atoms with Crippen LogP contribution < -0.4 is 5.32 Å². The summed E-state index contributed by atoms with van der Waals surface area (Å²) in [6.07, 6.45) is 0. The van der Waals surface area contributed by atoms with E-state index in [-0.39, 0.29) is 11.9 Å². The zero-order valence-corrected chi connectivity index (χ0v) is 15.4. The molecule has 1 unspecified atom stereocenters. The van der Waals surface area contributed by atoms with Crippen LogP contribution in [0.5, 0.6) is 0 Å². The minimum absolute atomic E-state index is 0.0733. The highest BCUT2D eigenvalue weighted by Gasteiger charge is 2.14. The highest BCUT2D eigenvalue weighted by molar-refractivity contribution is 9.11. The minimum Gasteiger partial charge on any atom is -0.345 e. The van der Waals surface area contributed by atoms with Crippen LogP contribution in [0.1, 0.15) is 28.9 Å². The molecule has 5 heteroatoms. The molecule has 0 bridgehead atoms. The van der Waals surface area contributed by atoms with Gasteiger partial charge in [0.1, 0.15) is 0 Å². The molecule has 0 aromatic heterocycles. The van der Waals surface area contributed by atoms with E-state index in [4.69, 9.17) is 0 Å². The molecule has 0 aliphatic heterocycles. The third-order valence-electron chi connectivity index (χ3n) is 2.84. The molecule has 0 aliphatic carbocycles. The van der Waals surface area contributed by atoms with Gasteiger partial charge in [-0.05, 0) is 36.8 Å². The van der Waals surface area contributed by atoms with Crippen LogP contribution in [0.25, 0.3) is 0 Å². The molecule has 104 valence electrons. The van der Waals surface area contributed by atoms with Gasteiger partial charge >= 0.3 is 0 Å². The maximum absolute atomic E-state index is 12.3. The van der Waals surface area contributed by atoms with Gasteiger partial charge in [-0.25, -0.2) is 0 Å². The van der Waals surface area contributed by atoms with Gasteiger partial charge in [-0.15, -0.1) is 0 Å². The van der Waals surface area contributed by atoms with Crippen LogP contribution in [0.2, 0.25) is 0 Å². The summed E-state index contributed by atoms with van der Waals surface area (Å²) in [5, 5.41) is 3.00. The van der Waals surface area contributed by atoms with Gasteiger partial charge in [-0.1, -0.05) is 66.0 Å². The third kappa shape index (κ3) is 3.93. The van der Waals surface area contributed by atoms with E-state index >= 15 is 0 Å². The Morgan fingerprint density at radius 1 is 1.05 bits per heavy atom. The molecule has 0 saturated heterocycles. The Kier molecular flexibility index (Phi) is 5.41. The number of carbonyl (C=O) groups is 1. The van der Waals surface area contributed by atoms with Crippen molar-refractivity contribution in [3.8, 4) is 0 Å². The fourth-order valence-electron chi connectivity index (χ4n) is 1.87. The first kappa shape index (κ1) is 15.7. The molecule has 0 aliphatic rings. The molecule has 0 saturated carbocycles. The van der Waals surface area contributed by atoms with Crippen molar-refractivity contribution in [3.63, 3.8) is 0 Å². The summed E-state index contributed by atoms with van der Waals surface area (Å²) in [6.45, 7) is 1.96. The average Bonchev–Trinajstić information content (AvgIpc) is 2.37. The Morgan fingerprint density at radius 3 is 2.25 bits per heavy atom. The maximum Gasteiger partial charge on any atom is 0.251 e. The Bertz CT molecular complexity index is 623. The van der Waals surface area contributed by atoms with E-state index in [1.54, 1.807) is 12.1 Å². The number of amides is 1. The molecular weight excluding hydrogens is 450 g/mol. The predicted molar refractivity (Wildman–Crippen MR) is 91.9 cm³/mol. The second-order valence-electron chi connectivity index (χ2n) is 4.37. The van der Waals surface area contributed by atoms with Crippen molar-refractivity contribution in [3.05, 3.63) is 67.0 Å². The molecule has 0 fully saturated rings. The second-order valence-corrected chi connectivity index (χ2v) is 7.06. The number of rotatable bonds is 3. The lowest BCUT2D eigenvalue weighted by Gasteiger charge is -2.16. The summed E-state index contributed by atoms with van der Waals surface area (Å²) in [6, 6.07) is 13.3.